The SMILES string of the molecule is Cc1ccc(COc2ccc(C(=O)NN=Cc3ccc(OC(=O)c4ccc(Cl)cc4Cl)cc3)cc2)cc1. The maximum Gasteiger partial charge on any atom is 0.345 e. The van der Waals surface area contributed by atoms with Gasteiger partial charge in [-0.1, -0.05) is 53.0 Å². The Labute approximate surface area is 224 Å². The number of nitrogens with one attached hydrogen (secondary N) is 1. The lowest BCUT2D eigenvalue weighted by Gasteiger charge is -2.07. The number of aryl methyl sites for hydroxylation is 1. The molecule has 4 aromatic rings. The van der Waals surface area contributed by atoms with Crippen molar-refractivity contribution in [2.75, 3.05) is 0 Å². The van der Waals surface area contributed by atoms with E-state index in [-0.39, 0.29) is 16.5 Å². The zero-order valence-electron chi connectivity index (χ0n) is 19.8. The minimum absolute atomic E-state index is 0.210. The van der Waals surface area contributed by atoms with Crippen molar-refractivity contribution in [2.24, 2.45) is 5.10 Å². The lowest BCUT2D eigenvalue weighted by Crippen LogP contribution is -2.17. The lowest BCUT2D eigenvalue weighted by atomic mass is 10.2. The molecule has 4 rings (SSSR count). The summed E-state index contributed by atoms with van der Waals surface area (Å²) in [7, 11) is 0. The van der Waals surface area contributed by atoms with E-state index in [1.165, 1.54) is 23.9 Å². The Balaban J connectivity index is 1.26. The summed E-state index contributed by atoms with van der Waals surface area (Å²) < 4.78 is 11.1. The van der Waals surface area contributed by atoms with Gasteiger partial charge in [0.15, 0.2) is 0 Å². The van der Waals surface area contributed by atoms with Crippen LogP contribution in [0.2, 0.25) is 10.0 Å². The predicted molar refractivity (Wildman–Crippen MR) is 145 cm³/mol. The second kappa shape index (κ2) is 12.2. The fourth-order valence-corrected chi connectivity index (χ4v) is 3.71. The zero-order chi connectivity index (χ0) is 26.2. The number of hydrazone groups is 1. The van der Waals surface area contributed by atoms with Gasteiger partial charge >= 0.3 is 5.97 Å². The van der Waals surface area contributed by atoms with Gasteiger partial charge in [-0.15, -0.1) is 0 Å². The Bertz CT molecular complexity index is 1420. The van der Waals surface area contributed by atoms with Gasteiger partial charge in [0.25, 0.3) is 5.91 Å². The average Bonchev–Trinajstić information content (AvgIpc) is 2.89. The van der Waals surface area contributed by atoms with Crippen LogP contribution in [0.5, 0.6) is 11.5 Å². The maximum atomic E-state index is 12.4. The first-order chi connectivity index (χ1) is 17.9. The number of benzene rings is 4. The largest absolute Gasteiger partial charge is 0.489 e. The second-order valence-electron chi connectivity index (χ2n) is 8.08. The van der Waals surface area contributed by atoms with Gasteiger partial charge in [-0.2, -0.15) is 5.10 Å². The van der Waals surface area contributed by atoms with Crippen molar-refractivity contribution in [3.63, 3.8) is 0 Å². The van der Waals surface area contributed by atoms with Crippen LogP contribution in [-0.2, 0) is 6.61 Å². The molecule has 0 radical (unpaired) electrons. The highest BCUT2D eigenvalue weighted by Gasteiger charge is 2.13. The van der Waals surface area contributed by atoms with Crippen LogP contribution in [0.3, 0.4) is 0 Å². The van der Waals surface area contributed by atoms with Crippen molar-refractivity contribution in [2.45, 2.75) is 13.5 Å². The van der Waals surface area contributed by atoms with E-state index in [1.54, 1.807) is 54.6 Å². The Morgan fingerprint density at radius 2 is 1.54 bits per heavy atom. The van der Waals surface area contributed by atoms with Crippen molar-refractivity contribution in [3.8, 4) is 11.5 Å². The molecule has 0 spiro atoms. The summed E-state index contributed by atoms with van der Waals surface area (Å²) in [6.45, 7) is 2.48. The summed E-state index contributed by atoms with van der Waals surface area (Å²) >= 11 is 11.9. The quantitative estimate of drug-likeness (QED) is 0.116. The molecule has 0 aliphatic rings. The number of esters is 1. The highest BCUT2D eigenvalue weighted by atomic mass is 35.5. The number of carbonyl (C=O) groups is 2. The van der Waals surface area contributed by atoms with Crippen LogP contribution in [-0.4, -0.2) is 18.1 Å². The maximum absolute atomic E-state index is 12.4. The van der Waals surface area contributed by atoms with Gasteiger partial charge in [-0.25, -0.2) is 10.2 Å². The van der Waals surface area contributed by atoms with Crippen LogP contribution in [0.4, 0.5) is 0 Å². The molecule has 0 aliphatic carbocycles. The minimum Gasteiger partial charge on any atom is -0.489 e. The third-order valence-electron chi connectivity index (χ3n) is 5.26. The molecule has 1 amide bonds. The number of halogens is 2. The number of nitrogens with zero attached hydrogens (tertiary/aromatic N) is 1. The van der Waals surface area contributed by atoms with Crippen molar-refractivity contribution in [1.29, 1.82) is 0 Å². The van der Waals surface area contributed by atoms with Gasteiger partial charge < -0.3 is 9.47 Å². The average molecular weight is 533 g/mol. The number of amides is 1. The fraction of sp³-hybridized carbons (Fsp3) is 0.0690. The van der Waals surface area contributed by atoms with Gasteiger partial charge in [0, 0.05) is 10.6 Å². The topological polar surface area (TPSA) is 77.0 Å². The Hall–Kier alpha value is -4.13. The lowest BCUT2D eigenvalue weighted by molar-refractivity contribution is 0.0734. The Morgan fingerprint density at radius 3 is 2.22 bits per heavy atom. The summed E-state index contributed by atoms with van der Waals surface area (Å²) in [6, 6.07) is 26.1. The molecule has 0 atom stereocenters. The molecular weight excluding hydrogens is 511 g/mol. The smallest absolute Gasteiger partial charge is 0.345 e. The molecule has 37 heavy (non-hydrogen) atoms. The van der Waals surface area contributed by atoms with Crippen LogP contribution in [0.15, 0.2) is 96.1 Å². The summed E-state index contributed by atoms with van der Waals surface area (Å²) in [5.74, 6) is 0.0512. The van der Waals surface area contributed by atoms with E-state index in [0.29, 0.717) is 34.3 Å². The van der Waals surface area contributed by atoms with E-state index in [0.717, 1.165) is 5.56 Å². The monoisotopic (exact) mass is 532 g/mol. The van der Waals surface area contributed by atoms with Crippen molar-refractivity contribution in [1.82, 2.24) is 5.43 Å². The third-order valence-corrected chi connectivity index (χ3v) is 5.81. The van der Waals surface area contributed by atoms with E-state index >= 15 is 0 Å². The van der Waals surface area contributed by atoms with Crippen LogP contribution >= 0.6 is 23.2 Å². The second-order valence-corrected chi connectivity index (χ2v) is 8.92. The minimum atomic E-state index is -0.595. The molecular formula is C29H22Cl2N2O4. The highest BCUT2D eigenvalue weighted by molar-refractivity contribution is 6.36. The molecule has 0 unspecified atom stereocenters. The van der Waals surface area contributed by atoms with Gasteiger partial charge in [0.05, 0.1) is 16.8 Å². The molecule has 0 fully saturated rings. The molecule has 0 saturated heterocycles. The molecule has 0 bridgehead atoms. The van der Waals surface area contributed by atoms with E-state index in [1.807, 2.05) is 31.2 Å². The van der Waals surface area contributed by atoms with Crippen LogP contribution in [0.25, 0.3) is 0 Å². The van der Waals surface area contributed by atoms with Gasteiger partial charge in [0.1, 0.15) is 18.1 Å². The normalized spacial score (nSPS) is 10.8. The molecule has 1 N–H and O–H groups in total. The first kappa shape index (κ1) is 25.9. The highest BCUT2D eigenvalue weighted by Crippen LogP contribution is 2.23. The first-order valence-corrected chi connectivity index (χ1v) is 12.0. The van der Waals surface area contributed by atoms with E-state index < -0.39 is 5.97 Å². The molecule has 0 saturated carbocycles. The number of hydrogen-bond donors (Lipinski definition) is 1. The molecule has 4 aromatic carbocycles. The van der Waals surface area contributed by atoms with E-state index in [9.17, 15) is 9.59 Å². The molecule has 186 valence electrons. The van der Waals surface area contributed by atoms with Crippen molar-refractivity contribution in [3.05, 3.63) is 129 Å². The number of ether oxygens (including phenoxy) is 2. The molecule has 6 nitrogen and oxygen atoms in total. The summed E-state index contributed by atoms with van der Waals surface area (Å²) in [5, 5.41) is 4.63. The predicted octanol–water partition coefficient (Wildman–Crippen LogP) is 6.86. The van der Waals surface area contributed by atoms with Crippen molar-refractivity contribution < 1.29 is 19.1 Å². The first-order valence-electron chi connectivity index (χ1n) is 11.3. The molecule has 0 aliphatic heterocycles. The summed E-state index contributed by atoms with van der Waals surface area (Å²) in [5.41, 5.74) is 6.11. The van der Waals surface area contributed by atoms with Crippen molar-refractivity contribution >= 4 is 41.3 Å². The van der Waals surface area contributed by atoms with E-state index in [2.05, 4.69) is 10.5 Å². The van der Waals surface area contributed by atoms with E-state index in [4.69, 9.17) is 32.7 Å². The number of carbonyl (C=O) groups excluding carboxylic acids is 2. The van der Waals surface area contributed by atoms with Gasteiger partial charge in [-0.3, -0.25) is 4.79 Å². The summed E-state index contributed by atoms with van der Waals surface area (Å²) in [6.07, 6.45) is 1.48. The van der Waals surface area contributed by atoms with Gasteiger partial charge in [-0.05, 0) is 84.8 Å². The summed E-state index contributed by atoms with van der Waals surface area (Å²) in [4.78, 5) is 24.7. The molecule has 8 heteroatoms. The molecule has 0 heterocycles. The zero-order valence-corrected chi connectivity index (χ0v) is 21.3. The van der Waals surface area contributed by atoms with Gasteiger partial charge in [0.2, 0.25) is 0 Å². The Morgan fingerprint density at radius 1 is 0.865 bits per heavy atom. The van der Waals surface area contributed by atoms with Crippen LogP contribution in [0.1, 0.15) is 37.4 Å². The fourth-order valence-electron chi connectivity index (χ4n) is 3.22. The van der Waals surface area contributed by atoms with Crippen LogP contribution in [0, 0.1) is 6.92 Å². The molecule has 0 aromatic heterocycles. The number of hydrogen-bond acceptors (Lipinski definition) is 5. The Kier molecular flexibility index (Phi) is 8.56. The van der Waals surface area contributed by atoms with Crippen LogP contribution < -0.4 is 14.9 Å². The third kappa shape index (κ3) is 7.43. The standard InChI is InChI=1S/C29H22Cl2N2O4/c1-19-2-4-21(5-3-19)18-36-24-13-8-22(9-14-24)28(34)33-32-17-20-6-11-25(12-7-20)37-29(35)26-15-10-23(30)16-27(26)31/h2-17H,18H2,1H3,(H,33,34). The number of rotatable bonds is 8.